The Bertz CT molecular complexity index is 475. The van der Waals surface area contributed by atoms with Crippen molar-refractivity contribution in [2.24, 2.45) is 5.92 Å². The molecule has 1 saturated carbocycles. The molecule has 1 aliphatic rings. The second kappa shape index (κ2) is 7.45. The number of urea groups is 1. The number of rotatable bonds is 5. The molecule has 1 heterocycles. The van der Waals surface area contributed by atoms with Gasteiger partial charge in [-0.2, -0.15) is 11.3 Å². The topological polar surface area (TPSA) is 78.4 Å². The van der Waals surface area contributed by atoms with E-state index in [9.17, 15) is 9.59 Å². The fraction of sp³-hybridized carbons (Fsp3) is 0.600. The molecule has 2 amide bonds. The number of carboxylic acids is 1. The Morgan fingerprint density at radius 3 is 2.95 bits per heavy atom. The second-order valence-electron chi connectivity index (χ2n) is 5.75. The Hall–Kier alpha value is -1.56. The van der Waals surface area contributed by atoms with Gasteiger partial charge in [0, 0.05) is 12.1 Å². The van der Waals surface area contributed by atoms with Crippen molar-refractivity contribution in [1.29, 1.82) is 0 Å². The normalized spacial score (nSPS) is 23.3. The van der Waals surface area contributed by atoms with Crippen molar-refractivity contribution in [3.05, 3.63) is 22.4 Å². The summed E-state index contributed by atoms with van der Waals surface area (Å²) < 4.78 is 0. The molecule has 5 nitrogen and oxygen atoms in total. The van der Waals surface area contributed by atoms with Gasteiger partial charge < -0.3 is 15.7 Å². The minimum Gasteiger partial charge on any atom is -0.481 e. The van der Waals surface area contributed by atoms with Gasteiger partial charge in [-0.15, -0.1) is 0 Å². The second-order valence-corrected chi connectivity index (χ2v) is 6.53. The molecule has 3 N–H and O–H groups in total. The predicted molar refractivity (Wildman–Crippen MR) is 82.5 cm³/mol. The van der Waals surface area contributed by atoms with Crippen LogP contribution in [-0.2, 0) is 11.2 Å². The first-order valence-electron chi connectivity index (χ1n) is 7.35. The molecule has 0 saturated heterocycles. The van der Waals surface area contributed by atoms with Crippen LogP contribution in [0.4, 0.5) is 4.79 Å². The smallest absolute Gasteiger partial charge is 0.315 e. The summed E-state index contributed by atoms with van der Waals surface area (Å²) in [4.78, 5) is 23.0. The highest BCUT2D eigenvalue weighted by atomic mass is 32.1. The first-order chi connectivity index (χ1) is 10.0. The summed E-state index contributed by atoms with van der Waals surface area (Å²) in [6, 6.07) is 1.87. The van der Waals surface area contributed by atoms with E-state index in [1.165, 1.54) is 5.56 Å². The standard InChI is InChI=1S/C15H22N2O3S/c1-10(7-11-5-6-21-9-11)16-15(20)17-13-4-2-3-12(8-13)14(18)19/h5-6,9-10,12-13H,2-4,7-8H2,1H3,(H,18,19)(H2,16,17,20). The van der Waals surface area contributed by atoms with Crippen LogP contribution >= 0.6 is 11.3 Å². The molecular formula is C15H22N2O3S. The van der Waals surface area contributed by atoms with Crippen molar-refractivity contribution < 1.29 is 14.7 Å². The van der Waals surface area contributed by atoms with Crippen LogP contribution < -0.4 is 10.6 Å². The van der Waals surface area contributed by atoms with Gasteiger partial charge in [-0.25, -0.2) is 4.79 Å². The molecule has 1 aromatic heterocycles. The van der Waals surface area contributed by atoms with Crippen LogP contribution in [-0.4, -0.2) is 29.2 Å². The quantitative estimate of drug-likeness (QED) is 0.782. The first kappa shape index (κ1) is 15.8. The summed E-state index contributed by atoms with van der Waals surface area (Å²) in [6.45, 7) is 1.97. The number of amides is 2. The highest BCUT2D eigenvalue weighted by Crippen LogP contribution is 2.24. The van der Waals surface area contributed by atoms with E-state index in [1.807, 2.05) is 12.3 Å². The third kappa shape index (κ3) is 5.04. The van der Waals surface area contributed by atoms with E-state index in [1.54, 1.807) is 11.3 Å². The van der Waals surface area contributed by atoms with E-state index >= 15 is 0 Å². The van der Waals surface area contributed by atoms with E-state index in [0.29, 0.717) is 12.8 Å². The Morgan fingerprint density at radius 1 is 1.48 bits per heavy atom. The van der Waals surface area contributed by atoms with Crippen molar-refractivity contribution in [3.63, 3.8) is 0 Å². The fourth-order valence-corrected chi connectivity index (χ4v) is 3.49. The zero-order chi connectivity index (χ0) is 15.2. The maximum absolute atomic E-state index is 12.0. The number of carboxylic acid groups (broad SMARTS) is 1. The van der Waals surface area contributed by atoms with E-state index in [-0.39, 0.29) is 24.0 Å². The zero-order valence-corrected chi connectivity index (χ0v) is 13.0. The van der Waals surface area contributed by atoms with Gasteiger partial charge in [0.2, 0.25) is 0 Å². The molecule has 0 spiro atoms. The zero-order valence-electron chi connectivity index (χ0n) is 12.2. The number of carbonyl (C=O) groups excluding carboxylic acids is 1. The molecule has 1 fully saturated rings. The summed E-state index contributed by atoms with van der Waals surface area (Å²) in [5.41, 5.74) is 1.22. The van der Waals surface area contributed by atoms with Crippen molar-refractivity contribution in [3.8, 4) is 0 Å². The molecule has 116 valence electrons. The summed E-state index contributed by atoms with van der Waals surface area (Å²) in [6.07, 6.45) is 3.76. The summed E-state index contributed by atoms with van der Waals surface area (Å²) in [7, 11) is 0. The van der Waals surface area contributed by atoms with Crippen LogP contribution in [0.3, 0.4) is 0 Å². The van der Waals surface area contributed by atoms with E-state index in [2.05, 4.69) is 22.1 Å². The highest BCUT2D eigenvalue weighted by Gasteiger charge is 2.27. The maximum Gasteiger partial charge on any atom is 0.315 e. The largest absolute Gasteiger partial charge is 0.481 e. The average molecular weight is 310 g/mol. The highest BCUT2D eigenvalue weighted by molar-refractivity contribution is 7.07. The van der Waals surface area contributed by atoms with Gasteiger partial charge in [-0.1, -0.05) is 6.42 Å². The van der Waals surface area contributed by atoms with Gasteiger partial charge in [-0.05, 0) is 55.0 Å². The molecule has 1 aliphatic carbocycles. The number of hydrogen-bond acceptors (Lipinski definition) is 3. The number of carbonyl (C=O) groups is 2. The van der Waals surface area contributed by atoms with Crippen molar-refractivity contribution in [2.45, 2.75) is 51.1 Å². The molecule has 21 heavy (non-hydrogen) atoms. The average Bonchev–Trinajstić information content (AvgIpc) is 2.91. The molecule has 3 unspecified atom stereocenters. The number of nitrogens with one attached hydrogen (secondary N) is 2. The van der Waals surface area contributed by atoms with Crippen molar-refractivity contribution >= 4 is 23.3 Å². The summed E-state index contributed by atoms with van der Waals surface area (Å²) in [5.74, 6) is -1.08. The third-order valence-corrected chi connectivity index (χ3v) is 4.59. The monoisotopic (exact) mass is 310 g/mol. The molecular weight excluding hydrogens is 288 g/mol. The van der Waals surface area contributed by atoms with Crippen molar-refractivity contribution in [2.75, 3.05) is 0 Å². The Balaban J connectivity index is 1.74. The lowest BCUT2D eigenvalue weighted by Gasteiger charge is -2.28. The minimum absolute atomic E-state index is 0.0341. The molecule has 0 aliphatic heterocycles. The van der Waals surface area contributed by atoms with Crippen LogP contribution in [0.25, 0.3) is 0 Å². The molecule has 3 atom stereocenters. The maximum atomic E-state index is 12.0. The van der Waals surface area contributed by atoms with Gasteiger partial charge in [0.1, 0.15) is 0 Å². The van der Waals surface area contributed by atoms with Crippen molar-refractivity contribution in [1.82, 2.24) is 10.6 Å². The van der Waals surface area contributed by atoms with Crippen LogP contribution in [0.15, 0.2) is 16.8 Å². The van der Waals surface area contributed by atoms with Gasteiger partial charge >= 0.3 is 12.0 Å². The number of thiophene rings is 1. The lowest BCUT2D eigenvalue weighted by molar-refractivity contribution is -0.143. The molecule has 0 radical (unpaired) electrons. The SMILES string of the molecule is CC(Cc1ccsc1)NC(=O)NC1CCCC(C(=O)O)C1. The first-order valence-corrected chi connectivity index (χ1v) is 8.29. The van der Waals surface area contributed by atoms with E-state index < -0.39 is 5.97 Å². The third-order valence-electron chi connectivity index (χ3n) is 3.86. The Kier molecular flexibility index (Phi) is 5.61. The number of aliphatic carboxylic acids is 1. The van der Waals surface area contributed by atoms with Gasteiger partial charge in [-0.3, -0.25) is 4.79 Å². The molecule has 0 aromatic carbocycles. The number of hydrogen-bond donors (Lipinski definition) is 3. The summed E-state index contributed by atoms with van der Waals surface area (Å²) in [5, 5.41) is 19.0. The summed E-state index contributed by atoms with van der Waals surface area (Å²) >= 11 is 1.65. The van der Waals surface area contributed by atoms with Crippen LogP contribution in [0.1, 0.15) is 38.2 Å². The van der Waals surface area contributed by atoms with Crippen LogP contribution in [0.2, 0.25) is 0 Å². The minimum atomic E-state index is -0.757. The lowest BCUT2D eigenvalue weighted by atomic mass is 9.86. The van der Waals surface area contributed by atoms with Gasteiger partial charge in [0.15, 0.2) is 0 Å². The molecule has 2 rings (SSSR count). The van der Waals surface area contributed by atoms with Crippen LogP contribution in [0, 0.1) is 5.92 Å². The Labute approximate surface area is 128 Å². The lowest BCUT2D eigenvalue weighted by Crippen LogP contribution is -2.47. The molecule has 6 heteroatoms. The fourth-order valence-electron chi connectivity index (χ4n) is 2.81. The van der Waals surface area contributed by atoms with Crippen LogP contribution in [0.5, 0.6) is 0 Å². The van der Waals surface area contributed by atoms with Gasteiger partial charge in [0.25, 0.3) is 0 Å². The van der Waals surface area contributed by atoms with Gasteiger partial charge in [0.05, 0.1) is 5.92 Å². The molecule has 0 bridgehead atoms. The van der Waals surface area contributed by atoms with E-state index in [4.69, 9.17) is 5.11 Å². The van der Waals surface area contributed by atoms with E-state index in [0.717, 1.165) is 19.3 Å². The Morgan fingerprint density at radius 2 is 2.29 bits per heavy atom. The predicted octanol–water partition coefficient (Wildman–Crippen LogP) is 2.62. The molecule has 1 aromatic rings.